The second kappa shape index (κ2) is 62.2. The van der Waals surface area contributed by atoms with E-state index in [1.165, 1.54) is 238 Å². The van der Waals surface area contributed by atoms with Crippen LogP contribution in [0.25, 0.3) is 0 Å². The van der Waals surface area contributed by atoms with Crippen LogP contribution in [0, 0.1) is 0 Å². The number of esters is 3. The molecule has 6 heteroatoms. The number of rotatable bonds is 60. The number of ether oxygens (including phenoxy) is 3. The predicted octanol–water partition coefficient (Wildman–Crippen LogP) is 22.0. The Morgan fingerprint density at radius 2 is 0.493 bits per heavy atom. The van der Waals surface area contributed by atoms with Crippen LogP contribution in [0.5, 0.6) is 0 Å². The monoisotopic (exact) mass is 1020 g/mol. The molecular weight excluding hydrogens is 901 g/mol. The molecule has 0 aromatic heterocycles. The van der Waals surface area contributed by atoms with E-state index in [1.54, 1.807) is 0 Å². The Labute approximate surface area is 455 Å². The molecule has 0 aliphatic heterocycles. The summed E-state index contributed by atoms with van der Waals surface area (Å²) in [5.74, 6) is -0.873. The Hall–Kier alpha value is -2.37. The largest absolute Gasteiger partial charge is 0.462 e. The van der Waals surface area contributed by atoms with E-state index in [0.717, 1.165) is 77.0 Å². The van der Waals surface area contributed by atoms with Crippen molar-refractivity contribution in [2.45, 2.75) is 361 Å². The maximum absolute atomic E-state index is 12.8. The zero-order valence-corrected chi connectivity index (χ0v) is 49.2. The molecule has 0 rings (SSSR count). The van der Waals surface area contributed by atoms with Crippen molar-refractivity contribution in [1.82, 2.24) is 0 Å². The summed E-state index contributed by atoms with van der Waals surface area (Å²) in [5.41, 5.74) is 0. The minimum atomic E-state index is -0.774. The van der Waals surface area contributed by atoms with Gasteiger partial charge in [0.25, 0.3) is 0 Å². The van der Waals surface area contributed by atoms with Crippen molar-refractivity contribution < 1.29 is 28.6 Å². The van der Waals surface area contributed by atoms with Crippen LogP contribution in [0.4, 0.5) is 0 Å². The molecule has 0 amide bonds. The highest BCUT2D eigenvalue weighted by molar-refractivity contribution is 5.71. The molecule has 0 aliphatic rings. The number of carbonyl (C=O) groups excluding carboxylic acids is 3. The average Bonchev–Trinajstić information content (AvgIpc) is 3.39. The summed E-state index contributed by atoms with van der Waals surface area (Å²) in [6, 6.07) is 0. The molecule has 0 bridgehead atoms. The van der Waals surface area contributed by atoms with Crippen LogP contribution >= 0.6 is 0 Å². The Balaban J connectivity index is 4.04. The Kier molecular flexibility index (Phi) is 60.2. The van der Waals surface area contributed by atoms with Gasteiger partial charge in [-0.1, -0.05) is 314 Å². The van der Waals surface area contributed by atoms with E-state index in [9.17, 15) is 14.4 Å². The number of allylic oxidation sites excluding steroid dienone is 6. The minimum absolute atomic E-state index is 0.0733. The summed E-state index contributed by atoms with van der Waals surface area (Å²) in [7, 11) is 0. The lowest BCUT2D eigenvalue weighted by molar-refractivity contribution is -0.167. The van der Waals surface area contributed by atoms with Crippen LogP contribution in [0.15, 0.2) is 36.5 Å². The van der Waals surface area contributed by atoms with Gasteiger partial charge >= 0.3 is 17.9 Å². The summed E-state index contributed by atoms with van der Waals surface area (Å²) in [5, 5.41) is 0. The van der Waals surface area contributed by atoms with Gasteiger partial charge in [0, 0.05) is 19.3 Å². The molecule has 0 aromatic rings. The third kappa shape index (κ3) is 60.4. The van der Waals surface area contributed by atoms with Gasteiger partial charge in [-0.05, 0) is 57.8 Å². The van der Waals surface area contributed by atoms with E-state index in [0.29, 0.717) is 19.3 Å². The standard InChI is InChI=1S/C67H124O6/c1-4-7-10-13-16-18-20-22-24-26-28-29-30-31-32-33-34-35-36-37-39-40-42-44-46-48-51-54-57-60-66(69)72-63-64(62-71-65(68)59-56-53-50-15-12-9-6-3)73-67(70)61-58-55-52-49-47-45-43-41-38-27-25-23-21-19-17-14-11-8-5-2/h17,19,23,25,38,41,64H,4-16,18,20-22,24,26-37,39-40,42-63H2,1-3H3/b19-17-,25-23-,41-38-. The van der Waals surface area contributed by atoms with Crippen molar-refractivity contribution in [3.8, 4) is 0 Å². The zero-order valence-electron chi connectivity index (χ0n) is 49.2. The van der Waals surface area contributed by atoms with Gasteiger partial charge in [0.15, 0.2) is 6.10 Å². The molecule has 0 aliphatic carbocycles. The molecule has 0 radical (unpaired) electrons. The lowest BCUT2D eigenvalue weighted by Crippen LogP contribution is -2.30. The van der Waals surface area contributed by atoms with Gasteiger partial charge in [-0.15, -0.1) is 0 Å². The van der Waals surface area contributed by atoms with Crippen LogP contribution in [-0.4, -0.2) is 37.2 Å². The fourth-order valence-electron chi connectivity index (χ4n) is 9.75. The second-order valence-electron chi connectivity index (χ2n) is 22.0. The molecule has 6 nitrogen and oxygen atoms in total. The third-order valence-corrected chi connectivity index (χ3v) is 14.6. The van der Waals surface area contributed by atoms with Gasteiger partial charge in [-0.3, -0.25) is 14.4 Å². The minimum Gasteiger partial charge on any atom is -0.462 e. The summed E-state index contributed by atoms with van der Waals surface area (Å²) >= 11 is 0. The molecule has 1 atom stereocenters. The zero-order chi connectivity index (χ0) is 52.9. The third-order valence-electron chi connectivity index (χ3n) is 14.6. The van der Waals surface area contributed by atoms with Crippen LogP contribution in [0.2, 0.25) is 0 Å². The van der Waals surface area contributed by atoms with Crippen LogP contribution in [0.1, 0.15) is 355 Å². The fraction of sp³-hybridized carbons (Fsp3) is 0.866. The quantitative estimate of drug-likeness (QED) is 0.0261. The van der Waals surface area contributed by atoms with E-state index < -0.39 is 6.10 Å². The predicted molar refractivity (Wildman–Crippen MR) is 316 cm³/mol. The van der Waals surface area contributed by atoms with E-state index in [1.807, 2.05) is 0 Å². The van der Waals surface area contributed by atoms with Crippen LogP contribution in [0.3, 0.4) is 0 Å². The highest BCUT2D eigenvalue weighted by Crippen LogP contribution is 2.18. The first-order valence-electron chi connectivity index (χ1n) is 32.5. The first kappa shape index (κ1) is 70.6. The number of hydrogen-bond donors (Lipinski definition) is 0. The van der Waals surface area contributed by atoms with Crippen LogP contribution < -0.4 is 0 Å². The molecule has 0 N–H and O–H groups in total. The van der Waals surface area contributed by atoms with Crippen molar-refractivity contribution in [2.24, 2.45) is 0 Å². The fourth-order valence-corrected chi connectivity index (χ4v) is 9.75. The lowest BCUT2D eigenvalue weighted by atomic mass is 10.0. The Bertz CT molecular complexity index is 1220. The molecule has 0 spiro atoms. The van der Waals surface area contributed by atoms with Crippen molar-refractivity contribution in [3.63, 3.8) is 0 Å². The van der Waals surface area contributed by atoms with Gasteiger partial charge in [0.2, 0.25) is 0 Å². The molecule has 73 heavy (non-hydrogen) atoms. The normalized spacial score (nSPS) is 12.2. The molecule has 0 saturated carbocycles. The highest BCUT2D eigenvalue weighted by Gasteiger charge is 2.19. The summed E-state index contributed by atoms with van der Waals surface area (Å²) < 4.78 is 16.8. The van der Waals surface area contributed by atoms with Gasteiger partial charge in [0.1, 0.15) is 13.2 Å². The molecule has 428 valence electrons. The number of hydrogen-bond acceptors (Lipinski definition) is 6. The van der Waals surface area contributed by atoms with Crippen LogP contribution in [-0.2, 0) is 28.6 Å². The van der Waals surface area contributed by atoms with Gasteiger partial charge in [-0.25, -0.2) is 0 Å². The second-order valence-corrected chi connectivity index (χ2v) is 22.0. The first-order valence-corrected chi connectivity index (χ1v) is 32.5. The molecule has 0 saturated heterocycles. The van der Waals surface area contributed by atoms with E-state index in [4.69, 9.17) is 14.2 Å². The Morgan fingerprint density at radius 1 is 0.274 bits per heavy atom. The summed E-state index contributed by atoms with van der Waals surface area (Å²) in [6.45, 7) is 6.61. The highest BCUT2D eigenvalue weighted by atomic mass is 16.6. The SMILES string of the molecule is CCCCC/C=C\C/C=C\C/C=C\CCCCCCCCC(=O)OC(COC(=O)CCCCCCCCC)COC(=O)CCCCCCCCCCCCCCCCCCCCCCCCCCCCCCC. The van der Waals surface area contributed by atoms with Crippen molar-refractivity contribution >= 4 is 17.9 Å². The smallest absolute Gasteiger partial charge is 0.306 e. The number of carbonyl (C=O) groups is 3. The summed E-state index contributed by atoms with van der Waals surface area (Å²) in [6.07, 6.45) is 76.2. The number of unbranched alkanes of at least 4 members (excludes halogenated alkanes) is 43. The molecule has 0 aromatic carbocycles. The maximum atomic E-state index is 12.8. The van der Waals surface area contributed by atoms with Gasteiger partial charge in [0.05, 0.1) is 0 Å². The first-order chi connectivity index (χ1) is 36.0. The maximum Gasteiger partial charge on any atom is 0.306 e. The molecule has 1 unspecified atom stereocenters. The van der Waals surface area contributed by atoms with E-state index >= 15 is 0 Å². The van der Waals surface area contributed by atoms with Crippen molar-refractivity contribution in [2.75, 3.05) is 13.2 Å². The molecule has 0 heterocycles. The lowest BCUT2D eigenvalue weighted by Gasteiger charge is -2.18. The summed E-state index contributed by atoms with van der Waals surface area (Å²) in [4.78, 5) is 38.0. The van der Waals surface area contributed by atoms with Crippen molar-refractivity contribution in [1.29, 1.82) is 0 Å². The molecule has 0 fully saturated rings. The van der Waals surface area contributed by atoms with E-state index in [2.05, 4.69) is 57.2 Å². The van der Waals surface area contributed by atoms with Crippen molar-refractivity contribution in [3.05, 3.63) is 36.5 Å². The van der Waals surface area contributed by atoms with Gasteiger partial charge in [-0.2, -0.15) is 0 Å². The van der Waals surface area contributed by atoms with Gasteiger partial charge < -0.3 is 14.2 Å². The van der Waals surface area contributed by atoms with E-state index in [-0.39, 0.29) is 31.1 Å². The Morgan fingerprint density at radius 3 is 0.795 bits per heavy atom. The average molecular weight is 1030 g/mol. The topological polar surface area (TPSA) is 78.9 Å². The molecular formula is C67H124O6.